The van der Waals surface area contributed by atoms with Gasteiger partial charge in [0.1, 0.15) is 0 Å². The number of rotatable bonds is 7. The molecule has 2 heteroatoms. The molecule has 0 bridgehead atoms. The number of hydrogen-bond acceptors (Lipinski definition) is 2. The summed E-state index contributed by atoms with van der Waals surface area (Å²) in [4.78, 5) is 2.83. The highest BCUT2D eigenvalue weighted by Gasteiger charge is 2.35. The summed E-state index contributed by atoms with van der Waals surface area (Å²) in [5.41, 5.74) is 0. The summed E-state index contributed by atoms with van der Waals surface area (Å²) < 4.78 is 0. The van der Waals surface area contributed by atoms with Crippen molar-refractivity contribution in [2.24, 2.45) is 0 Å². The second-order valence-corrected chi connectivity index (χ2v) is 5.94. The first kappa shape index (κ1) is 13.4. The van der Waals surface area contributed by atoms with Gasteiger partial charge in [-0.3, -0.25) is 4.90 Å². The van der Waals surface area contributed by atoms with E-state index in [9.17, 15) is 0 Å². The van der Waals surface area contributed by atoms with E-state index in [1.54, 1.807) is 0 Å². The van der Waals surface area contributed by atoms with E-state index in [0.29, 0.717) is 0 Å². The van der Waals surface area contributed by atoms with Gasteiger partial charge in [-0.05, 0) is 58.0 Å². The van der Waals surface area contributed by atoms with Crippen molar-refractivity contribution in [2.45, 2.75) is 83.3 Å². The summed E-state index contributed by atoms with van der Waals surface area (Å²) in [6.45, 7) is 7.12. The molecule has 2 rings (SSSR count). The third kappa shape index (κ3) is 3.96. The lowest BCUT2D eigenvalue weighted by Gasteiger charge is -2.38. The van der Waals surface area contributed by atoms with Crippen LogP contribution in [0.4, 0.5) is 0 Å². The zero-order chi connectivity index (χ0) is 12.1. The van der Waals surface area contributed by atoms with Crippen LogP contribution in [0.15, 0.2) is 0 Å². The average molecular weight is 238 g/mol. The Morgan fingerprint density at radius 2 is 1.82 bits per heavy atom. The lowest BCUT2D eigenvalue weighted by atomic mass is 9.89. The number of nitrogens with zero attached hydrogens (tertiary/aromatic N) is 1. The first-order valence-corrected chi connectivity index (χ1v) is 7.84. The maximum Gasteiger partial charge on any atom is 0.0113 e. The van der Waals surface area contributed by atoms with Crippen LogP contribution >= 0.6 is 0 Å². The maximum absolute atomic E-state index is 3.73. The minimum absolute atomic E-state index is 0.798. The molecule has 2 unspecified atom stereocenters. The van der Waals surface area contributed by atoms with Crippen LogP contribution in [0.3, 0.4) is 0 Å². The molecular weight excluding hydrogens is 208 g/mol. The molecule has 0 aliphatic heterocycles. The molecule has 0 spiro atoms. The standard InChI is InChI=1S/C15H30N2/c1-3-10-16-13-6-5-7-15(12-13)17(11-4-2)14-8-9-14/h13-16H,3-12H2,1-2H3. The van der Waals surface area contributed by atoms with Crippen molar-refractivity contribution in [2.75, 3.05) is 13.1 Å². The summed E-state index contributed by atoms with van der Waals surface area (Å²) in [6, 6.07) is 2.63. The van der Waals surface area contributed by atoms with Gasteiger partial charge in [-0.15, -0.1) is 0 Å². The van der Waals surface area contributed by atoms with E-state index in [2.05, 4.69) is 24.1 Å². The Bertz CT molecular complexity index is 213. The molecule has 2 fully saturated rings. The Morgan fingerprint density at radius 1 is 1.00 bits per heavy atom. The molecule has 1 N–H and O–H groups in total. The summed E-state index contributed by atoms with van der Waals surface area (Å²) in [6.07, 6.45) is 11.2. The van der Waals surface area contributed by atoms with Gasteiger partial charge < -0.3 is 5.32 Å². The molecule has 2 atom stereocenters. The van der Waals surface area contributed by atoms with Gasteiger partial charge >= 0.3 is 0 Å². The normalized spacial score (nSPS) is 29.8. The lowest BCUT2D eigenvalue weighted by molar-refractivity contribution is 0.131. The van der Waals surface area contributed by atoms with Crippen LogP contribution in [0.5, 0.6) is 0 Å². The zero-order valence-electron chi connectivity index (χ0n) is 11.8. The van der Waals surface area contributed by atoms with Gasteiger partial charge in [0, 0.05) is 18.1 Å². The SMILES string of the molecule is CCCNC1CCCC(N(CCC)C2CC2)C1. The molecule has 0 amide bonds. The quantitative estimate of drug-likeness (QED) is 0.733. The Balaban J connectivity index is 1.81. The Morgan fingerprint density at radius 3 is 2.47 bits per heavy atom. The second kappa shape index (κ2) is 6.75. The van der Waals surface area contributed by atoms with Crippen LogP contribution in [0.2, 0.25) is 0 Å². The predicted octanol–water partition coefficient (Wildman–Crippen LogP) is 3.17. The molecule has 2 aliphatic carbocycles. The highest BCUT2D eigenvalue weighted by Crippen LogP contribution is 2.33. The van der Waals surface area contributed by atoms with Crippen molar-refractivity contribution >= 4 is 0 Å². The average Bonchev–Trinajstić information content (AvgIpc) is 3.18. The van der Waals surface area contributed by atoms with E-state index in [1.807, 2.05) is 0 Å². The Labute approximate surface area is 107 Å². The van der Waals surface area contributed by atoms with Gasteiger partial charge in [0.15, 0.2) is 0 Å². The minimum atomic E-state index is 0.798. The van der Waals surface area contributed by atoms with Crippen molar-refractivity contribution < 1.29 is 0 Å². The summed E-state index contributed by atoms with van der Waals surface area (Å²) in [5.74, 6) is 0. The Kier molecular flexibility index (Phi) is 5.30. The zero-order valence-corrected chi connectivity index (χ0v) is 11.8. The van der Waals surface area contributed by atoms with E-state index >= 15 is 0 Å². The molecule has 0 radical (unpaired) electrons. The molecule has 0 aromatic rings. The lowest BCUT2D eigenvalue weighted by Crippen LogP contribution is -2.45. The van der Waals surface area contributed by atoms with E-state index in [0.717, 1.165) is 18.1 Å². The maximum atomic E-state index is 3.73. The third-order valence-electron chi connectivity index (χ3n) is 4.30. The molecule has 2 aliphatic rings. The molecule has 0 saturated heterocycles. The van der Waals surface area contributed by atoms with E-state index in [1.165, 1.54) is 64.5 Å². The van der Waals surface area contributed by atoms with E-state index in [-0.39, 0.29) is 0 Å². The topological polar surface area (TPSA) is 15.3 Å². The van der Waals surface area contributed by atoms with Crippen LogP contribution in [-0.2, 0) is 0 Å². The Hall–Kier alpha value is -0.0800. The van der Waals surface area contributed by atoms with Crippen LogP contribution in [0.25, 0.3) is 0 Å². The van der Waals surface area contributed by atoms with Gasteiger partial charge in [-0.2, -0.15) is 0 Å². The minimum Gasteiger partial charge on any atom is -0.314 e. The third-order valence-corrected chi connectivity index (χ3v) is 4.30. The predicted molar refractivity (Wildman–Crippen MR) is 74.4 cm³/mol. The van der Waals surface area contributed by atoms with Crippen molar-refractivity contribution in [3.05, 3.63) is 0 Å². The van der Waals surface area contributed by atoms with Crippen molar-refractivity contribution in [1.82, 2.24) is 10.2 Å². The van der Waals surface area contributed by atoms with Gasteiger partial charge in [0.05, 0.1) is 0 Å². The highest BCUT2D eigenvalue weighted by molar-refractivity contribution is 4.92. The summed E-state index contributed by atoms with van der Waals surface area (Å²) in [5, 5.41) is 3.73. The monoisotopic (exact) mass is 238 g/mol. The van der Waals surface area contributed by atoms with Gasteiger partial charge in [0.2, 0.25) is 0 Å². The van der Waals surface area contributed by atoms with Gasteiger partial charge in [0.25, 0.3) is 0 Å². The first-order valence-electron chi connectivity index (χ1n) is 7.84. The highest BCUT2D eigenvalue weighted by atomic mass is 15.2. The second-order valence-electron chi connectivity index (χ2n) is 5.94. The summed E-state index contributed by atoms with van der Waals surface area (Å²) >= 11 is 0. The molecular formula is C15H30N2. The molecule has 100 valence electrons. The van der Waals surface area contributed by atoms with Crippen LogP contribution in [0.1, 0.15) is 65.2 Å². The fourth-order valence-corrected chi connectivity index (χ4v) is 3.33. The van der Waals surface area contributed by atoms with Crippen LogP contribution < -0.4 is 5.32 Å². The van der Waals surface area contributed by atoms with Crippen LogP contribution in [-0.4, -0.2) is 36.1 Å². The molecule has 17 heavy (non-hydrogen) atoms. The van der Waals surface area contributed by atoms with Gasteiger partial charge in [-0.1, -0.05) is 20.3 Å². The molecule has 2 nitrogen and oxygen atoms in total. The molecule has 0 aromatic carbocycles. The van der Waals surface area contributed by atoms with Crippen molar-refractivity contribution in [3.63, 3.8) is 0 Å². The van der Waals surface area contributed by atoms with Crippen molar-refractivity contribution in [3.8, 4) is 0 Å². The molecule has 0 heterocycles. The van der Waals surface area contributed by atoms with E-state index < -0.39 is 0 Å². The van der Waals surface area contributed by atoms with Crippen molar-refractivity contribution in [1.29, 1.82) is 0 Å². The summed E-state index contributed by atoms with van der Waals surface area (Å²) in [7, 11) is 0. The number of nitrogens with one attached hydrogen (secondary N) is 1. The fraction of sp³-hybridized carbons (Fsp3) is 1.00. The fourth-order valence-electron chi connectivity index (χ4n) is 3.33. The first-order chi connectivity index (χ1) is 8.35. The number of hydrogen-bond donors (Lipinski definition) is 1. The van der Waals surface area contributed by atoms with E-state index in [4.69, 9.17) is 0 Å². The molecule has 0 aromatic heterocycles. The van der Waals surface area contributed by atoms with Gasteiger partial charge in [-0.25, -0.2) is 0 Å². The molecule has 2 saturated carbocycles. The largest absolute Gasteiger partial charge is 0.314 e. The smallest absolute Gasteiger partial charge is 0.0113 e. The van der Waals surface area contributed by atoms with Crippen LogP contribution in [0, 0.1) is 0 Å².